The summed E-state index contributed by atoms with van der Waals surface area (Å²) in [7, 11) is 0. The molecule has 0 bridgehead atoms. The fraction of sp³-hybridized carbons (Fsp3) is 0.737. The number of carbonyl (C=O) groups is 4. The third kappa shape index (κ3) is 17.6. The molecule has 1 fully saturated rings. The molecule has 3 amide bonds. The monoisotopic (exact) mass is 762 g/mol. The predicted octanol–water partition coefficient (Wildman–Crippen LogP) is 4.23. The molecule has 0 aromatic heterocycles. The number of ether oxygens (including phenoxy) is 4. The lowest BCUT2D eigenvalue weighted by atomic mass is 9.97. The third-order valence-electron chi connectivity index (χ3n) is 9.30. The quantitative estimate of drug-likeness (QED) is 0.0267. The van der Waals surface area contributed by atoms with Crippen molar-refractivity contribution in [1.82, 2.24) is 10.6 Å². The molecule has 304 valence electrons. The Bertz CT molecular complexity index is 1300. The number of unbranched alkanes of at least 4 members (excludes halogenated alkanes) is 11. The van der Waals surface area contributed by atoms with Crippen molar-refractivity contribution in [2.45, 2.75) is 166 Å². The molecule has 6 N–H and O–H groups in total. The normalized spacial score (nSPS) is 21.2. The summed E-state index contributed by atoms with van der Waals surface area (Å²) in [5, 5.41) is 29.4. The van der Waals surface area contributed by atoms with E-state index in [9.17, 15) is 34.9 Å². The summed E-state index contributed by atoms with van der Waals surface area (Å²) < 4.78 is 22.6. The van der Waals surface area contributed by atoms with Gasteiger partial charge in [0.1, 0.15) is 42.5 Å². The number of aliphatic hydroxyl groups excluding tert-OH is 2. The molecule has 1 aromatic carbocycles. The molecule has 8 atom stereocenters. The first-order valence-corrected chi connectivity index (χ1v) is 19.4. The van der Waals surface area contributed by atoms with Gasteiger partial charge in [-0.05, 0) is 37.8 Å². The van der Waals surface area contributed by atoms with Gasteiger partial charge in [0.2, 0.25) is 17.7 Å². The van der Waals surface area contributed by atoms with Crippen LogP contribution in [-0.4, -0.2) is 95.9 Å². The number of nitrogens with two attached hydrogens (primary N) is 1. The fourth-order valence-electron chi connectivity index (χ4n) is 6.02. The van der Waals surface area contributed by atoms with Gasteiger partial charge in [-0.25, -0.2) is 0 Å². The van der Waals surface area contributed by atoms with Gasteiger partial charge >= 0.3 is 5.97 Å². The molecule has 0 aliphatic carbocycles. The molecule has 1 heterocycles. The van der Waals surface area contributed by atoms with Gasteiger partial charge in [-0.3, -0.25) is 19.2 Å². The standard InChI is InChI=1S/C38H62N6O10/c1-4-5-6-7-8-9-10-11-12-13-14-18-23-51-31(46)22-21-29(35(39)48)42-36(49)26(2)41-37(50)27(3)53-34-32(43-44-40)38(54-30(24-45)33(34)47)52-25-28-19-16-15-17-20-28/h15-17,19-20,26-27,29-30,32-34,38,45,47H,4-14,18,21-25H2,1-3H3,(H2,39,48)(H,41,50)(H,42,49)/t26-,27+,29+,30+,32+,33+,34+,38-/m0/s1. The highest BCUT2D eigenvalue weighted by Crippen LogP contribution is 2.28. The van der Waals surface area contributed by atoms with Crippen LogP contribution in [0.2, 0.25) is 0 Å². The van der Waals surface area contributed by atoms with Crippen molar-refractivity contribution in [3.05, 3.63) is 46.3 Å². The number of nitrogens with zero attached hydrogens (tertiary/aromatic N) is 3. The molecular formula is C38H62N6O10. The summed E-state index contributed by atoms with van der Waals surface area (Å²) in [5.41, 5.74) is 15.5. The second-order valence-corrected chi connectivity index (χ2v) is 13.8. The lowest BCUT2D eigenvalue weighted by molar-refractivity contribution is -0.279. The van der Waals surface area contributed by atoms with Crippen LogP contribution in [0.25, 0.3) is 10.4 Å². The van der Waals surface area contributed by atoms with Gasteiger partial charge in [0, 0.05) is 11.3 Å². The Hall–Kier alpha value is -3.79. The molecule has 0 spiro atoms. The Morgan fingerprint density at radius 1 is 0.944 bits per heavy atom. The minimum atomic E-state index is -1.51. The first-order chi connectivity index (χ1) is 26.0. The van der Waals surface area contributed by atoms with E-state index in [4.69, 9.17) is 24.7 Å². The maximum atomic E-state index is 13.1. The smallest absolute Gasteiger partial charge is 0.305 e. The number of hydrogen-bond acceptors (Lipinski definition) is 11. The first kappa shape index (κ1) is 46.4. The van der Waals surface area contributed by atoms with E-state index < -0.39 is 79.1 Å². The van der Waals surface area contributed by atoms with Crippen LogP contribution in [0.5, 0.6) is 0 Å². The van der Waals surface area contributed by atoms with E-state index in [2.05, 4.69) is 27.6 Å². The number of nitrogens with one attached hydrogen (secondary N) is 2. The van der Waals surface area contributed by atoms with Gasteiger partial charge in [0.05, 0.1) is 19.8 Å². The van der Waals surface area contributed by atoms with Crippen LogP contribution in [0, 0.1) is 0 Å². The maximum absolute atomic E-state index is 13.1. The zero-order chi connectivity index (χ0) is 39.7. The SMILES string of the molecule is CCCCCCCCCCCCCCOC(=O)CC[C@@H](NC(=O)[C@H](C)NC(=O)[C@@H](C)O[C@H]1[C@H](O)[C@@H](CO)O[C@H](OCc2ccccc2)[C@@H]1N=[N+]=[N-])C(N)=O. The van der Waals surface area contributed by atoms with Gasteiger partial charge in [0.15, 0.2) is 6.29 Å². The average molecular weight is 763 g/mol. The van der Waals surface area contributed by atoms with Crippen LogP contribution in [0.4, 0.5) is 0 Å². The van der Waals surface area contributed by atoms with Crippen molar-refractivity contribution < 1.29 is 48.3 Å². The molecule has 1 aliphatic heterocycles. The summed E-state index contributed by atoms with van der Waals surface area (Å²) in [4.78, 5) is 53.2. The molecule has 16 heteroatoms. The molecule has 1 aromatic rings. The van der Waals surface area contributed by atoms with Gasteiger partial charge in [-0.2, -0.15) is 0 Å². The largest absolute Gasteiger partial charge is 0.466 e. The second-order valence-electron chi connectivity index (χ2n) is 13.8. The summed E-state index contributed by atoms with van der Waals surface area (Å²) in [5.74, 6) is -2.86. The van der Waals surface area contributed by atoms with E-state index in [1.807, 2.05) is 30.3 Å². The number of hydrogen-bond donors (Lipinski definition) is 5. The molecular weight excluding hydrogens is 700 g/mol. The number of carbonyl (C=O) groups excluding carboxylic acids is 4. The fourth-order valence-corrected chi connectivity index (χ4v) is 6.02. The number of rotatable bonds is 28. The molecule has 2 rings (SSSR count). The highest BCUT2D eigenvalue weighted by molar-refractivity contribution is 5.92. The van der Waals surface area contributed by atoms with E-state index in [1.54, 1.807) is 0 Å². The average Bonchev–Trinajstić information content (AvgIpc) is 3.16. The van der Waals surface area contributed by atoms with E-state index in [0.29, 0.717) is 0 Å². The highest BCUT2D eigenvalue weighted by Gasteiger charge is 2.47. The molecule has 0 saturated carbocycles. The van der Waals surface area contributed by atoms with Gasteiger partial charge in [0.25, 0.3) is 0 Å². The Morgan fingerprint density at radius 2 is 1.56 bits per heavy atom. The number of esters is 1. The van der Waals surface area contributed by atoms with Crippen LogP contribution in [0.1, 0.15) is 116 Å². The topological polar surface area (TPSA) is 244 Å². The van der Waals surface area contributed by atoms with Crippen LogP contribution in [0.15, 0.2) is 35.4 Å². The van der Waals surface area contributed by atoms with E-state index in [-0.39, 0.29) is 26.1 Å². The molecule has 0 unspecified atom stereocenters. The summed E-state index contributed by atoms with van der Waals surface area (Å²) >= 11 is 0. The Balaban J connectivity index is 1.78. The Labute approximate surface area is 318 Å². The highest BCUT2D eigenvalue weighted by atomic mass is 16.7. The van der Waals surface area contributed by atoms with Crippen molar-refractivity contribution in [2.24, 2.45) is 10.8 Å². The van der Waals surface area contributed by atoms with E-state index >= 15 is 0 Å². The molecule has 1 saturated heterocycles. The van der Waals surface area contributed by atoms with Crippen molar-refractivity contribution in [2.75, 3.05) is 13.2 Å². The second kappa shape index (κ2) is 26.9. The molecule has 0 radical (unpaired) electrons. The Kier molecular flexibility index (Phi) is 23.1. The summed E-state index contributed by atoms with van der Waals surface area (Å²) in [6, 6.07) is 5.47. The Morgan fingerprint density at radius 3 is 2.13 bits per heavy atom. The van der Waals surface area contributed by atoms with Crippen LogP contribution in [-0.2, 0) is 44.7 Å². The van der Waals surface area contributed by atoms with Crippen molar-refractivity contribution in [1.29, 1.82) is 0 Å². The van der Waals surface area contributed by atoms with Crippen LogP contribution in [0.3, 0.4) is 0 Å². The minimum absolute atomic E-state index is 0.0551. The zero-order valence-electron chi connectivity index (χ0n) is 32.1. The summed E-state index contributed by atoms with van der Waals surface area (Å²) in [6.07, 6.45) is 7.54. The molecule has 54 heavy (non-hydrogen) atoms. The lowest BCUT2D eigenvalue weighted by Crippen LogP contribution is -2.61. The van der Waals surface area contributed by atoms with Crippen molar-refractivity contribution in [3.63, 3.8) is 0 Å². The molecule has 16 nitrogen and oxygen atoms in total. The number of primary amides is 1. The van der Waals surface area contributed by atoms with E-state index in [0.717, 1.165) is 24.8 Å². The van der Waals surface area contributed by atoms with Crippen molar-refractivity contribution in [3.8, 4) is 0 Å². The summed E-state index contributed by atoms with van der Waals surface area (Å²) in [6.45, 7) is 4.68. The van der Waals surface area contributed by atoms with E-state index in [1.165, 1.54) is 71.6 Å². The van der Waals surface area contributed by atoms with Gasteiger partial charge in [-0.1, -0.05) is 113 Å². The van der Waals surface area contributed by atoms with Gasteiger partial charge in [-0.15, -0.1) is 0 Å². The van der Waals surface area contributed by atoms with Crippen LogP contribution >= 0.6 is 0 Å². The first-order valence-electron chi connectivity index (χ1n) is 19.4. The van der Waals surface area contributed by atoms with Crippen LogP contribution < -0.4 is 16.4 Å². The maximum Gasteiger partial charge on any atom is 0.305 e. The number of amides is 3. The third-order valence-corrected chi connectivity index (χ3v) is 9.30. The number of aliphatic hydroxyl groups is 2. The predicted molar refractivity (Wildman–Crippen MR) is 200 cm³/mol. The lowest BCUT2D eigenvalue weighted by Gasteiger charge is -2.43. The van der Waals surface area contributed by atoms with Gasteiger partial charge < -0.3 is 45.5 Å². The minimum Gasteiger partial charge on any atom is -0.466 e. The van der Waals surface area contributed by atoms with Crippen molar-refractivity contribution >= 4 is 23.7 Å². The number of azide groups is 1. The molecule has 1 aliphatic rings. The zero-order valence-corrected chi connectivity index (χ0v) is 32.1. The number of benzene rings is 1.